The molecule has 8 nitrogen and oxygen atoms in total. The average Bonchev–Trinajstić information content (AvgIpc) is 2.73. The monoisotopic (exact) mass is 363 g/mol. The van der Waals surface area contributed by atoms with Crippen LogP contribution < -0.4 is 4.90 Å². The van der Waals surface area contributed by atoms with Crippen LogP contribution in [-0.4, -0.2) is 62.5 Å². The number of aromatic nitrogens is 3. The summed E-state index contributed by atoms with van der Waals surface area (Å²) >= 11 is 0. The minimum Gasteiger partial charge on any atom is -0.480 e. The molecular weight excluding hydrogens is 346 g/mol. The van der Waals surface area contributed by atoms with E-state index >= 15 is 0 Å². The lowest BCUT2D eigenvalue weighted by molar-refractivity contribution is -0.142. The number of amides is 1. The van der Waals surface area contributed by atoms with Crippen molar-refractivity contribution in [1.29, 1.82) is 0 Å². The zero-order valence-electron chi connectivity index (χ0n) is 14.4. The van der Waals surface area contributed by atoms with Gasteiger partial charge in [-0.05, 0) is 23.6 Å². The topological polar surface area (TPSA) is 99.5 Å². The number of hydrogen-bond acceptors (Lipinski definition) is 6. The summed E-state index contributed by atoms with van der Waals surface area (Å²) in [6.45, 7) is 0.874. The molecule has 136 valence electrons. The van der Waals surface area contributed by atoms with E-state index in [0.29, 0.717) is 18.1 Å². The summed E-state index contributed by atoms with van der Waals surface area (Å²) in [4.78, 5) is 40.7. The minimum atomic E-state index is -1.05. The number of rotatable bonds is 3. The number of anilines is 1. The predicted molar refractivity (Wildman–Crippen MR) is 98.4 cm³/mol. The Morgan fingerprint density at radius 3 is 2.63 bits per heavy atom. The van der Waals surface area contributed by atoms with Crippen molar-refractivity contribution in [3.05, 3.63) is 60.7 Å². The largest absolute Gasteiger partial charge is 0.480 e. The summed E-state index contributed by atoms with van der Waals surface area (Å²) in [5, 5.41) is 11.3. The Bertz CT molecular complexity index is 990. The molecule has 1 saturated heterocycles. The van der Waals surface area contributed by atoms with Crippen molar-refractivity contribution in [2.24, 2.45) is 0 Å². The second kappa shape index (κ2) is 6.99. The summed E-state index contributed by atoms with van der Waals surface area (Å²) in [5.41, 5.74) is 0.477. The number of pyridine rings is 1. The Morgan fingerprint density at radius 2 is 1.85 bits per heavy atom. The van der Waals surface area contributed by atoms with Crippen LogP contribution in [0.25, 0.3) is 10.8 Å². The first kappa shape index (κ1) is 16.9. The van der Waals surface area contributed by atoms with E-state index in [9.17, 15) is 14.7 Å². The van der Waals surface area contributed by atoms with Gasteiger partial charge in [-0.1, -0.05) is 12.1 Å². The number of nitrogens with zero attached hydrogens (tertiary/aromatic N) is 5. The van der Waals surface area contributed by atoms with Crippen LogP contribution in [0.3, 0.4) is 0 Å². The van der Waals surface area contributed by atoms with Crippen molar-refractivity contribution in [2.45, 2.75) is 6.04 Å². The van der Waals surface area contributed by atoms with Gasteiger partial charge in [0.05, 0.1) is 6.54 Å². The maximum Gasteiger partial charge on any atom is 0.328 e. The van der Waals surface area contributed by atoms with Crippen LogP contribution in [-0.2, 0) is 4.79 Å². The molecule has 1 amide bonds. The quantitative estimate of drug-likeness (QED) is 0.751. The van der Waals surface area contributed by atoms with Crippen molar-refractivity contribution in [2.75, 3.05) is 24.5 Å². The van der Waals surface area contributed by atoms with E-state index in [-0.39, 0.29) is 19.0 Å². The number of hydrogen-bond donors (Lipinski definition) is 1. The van der Waals surface area contributed by atoms with E-state index in [1.807, 2.05) is 6.07 Å². The van der Waals surface area contributed by atoms with Gasteiger partial charge in [-0.3, -0.25) is 9.78 Å². The predicted octanol–water partition coefficient (Wildman–Crippen LogP) is 1.44. The van der Waals surface area contributed by atoms with Crippen molar-refractivity contribution in [3.63, 3.8) is 0 Å². The molecule has 1 aromatic carbocycles. The highest BCUT2D eigenvalue weighted by Crippen LogP contribution is 2.22. The molecular formula is C19H17N5O3. The second-order valence-corrected chi connectivity index (χ2v) is 6.25. The van der Waals surface area contributed by atoms with Gasteiger partial charge in [0.25, 0.3) is 5.91 Å². The van der Waals surface area contributed by atoms with Gasteiger partial charge in [-0.2, -0.15) is 0 Å². The highest BCUT2D eigenvalue weighted by Gasteiger charge is 2.36. The maximum atomic E-state index is 13.2. The lowest BCUT2D eigenvalue weighted by Gasteiger charge is -2.39. The number of carboxylic acids is 1. The first-order chi connectivity index (χ1) is 13.1. The summed E-state index contributed by atoms with van der Waals surface area (Å²) < 4.78 is 0. The molecule has 3 heterocycles. The van der Waals surface area contributed by atoms with Crippen molar-refractivity contribution >= 4 is 28.6 Å². The van der Waals surface area contributed by atoms with Gasteiger partial charge in [-0.15, -0.1) is 0 Å². The Balaban J connectivity index is 1.64. The van der Waals surface area contributed by atoms with Gasteiger partial charge in [0, 0.05) is 48.8 Å². The van der Waals surface area contributed by atoms with Crippen LogP contribution in [0.4, 0.5) is 5.95 Å². The third kappa shape index (κ3) is 3.17. The number of carboxylic acid groups (broad SMARTS) is 1. The molecule has 0 aliphatic carbocycles. The number of benzene rings is 1. The molecule has 27 heavy (non-hydrogen) atoms. The first-order valence-corrected chi connectivity index (χ1v) is 8.53. The van der Waals surface area contributed by atoms with Crippen molar-refractivity contribution < 1.29 is 14.7 Å². The van der Waals surface area contributed by atoms with Crippen LogP contribution >= 0.6 is 0 Å². The van der Waals surface area contributed by atoms with Gasteiger partial charge in [-0.25, -0.2) is 14.8 Å². The molecule has 0 unspecified atom stereocenters. The van der Waals surface area contributed by atoms with Gasteiger partial charge in [0.1, 0.15) is 6.04 Å². The molecule has 1 N–H and O–H groups in total. The van der Waals surface area contributed by atoms with Crippen LogP contribution in [0.15, 0.2) is 55.1 Å². The lowest BCUT2D eigenvalue weighted by Crippen LogP contribution is -2.58. The highest BCUT2D eigenvalue weighted by atomic mass is 16.4. The molecule has 0 spiro atoms. The van der Waals surface area contributed by atoms with E-state index in [1.54, 1.807) is 54.0 Å². The molecule has 0 radical (unpaired) electrons. The smallest absolute Gasteiger partial charge is 0.328 e. The zero-order chi connectivity index (χ0) is 18.8. The summed E-state index contributed by atoms with van der Waals surface area (Å²) in [6.07, 6.45) is 6.53. The van der Waals surface area contributed by atoms with E-state index in [2.05, 4.69) is 15.0 Å². The molecule has 4 rings (SSSR count). The van der Waals surface area contributed by atoms with E-state index < -0.39 is 12.0 Å². The Kier molecular flexibility index (Phi) is 4.37. The Labute approximate surface area is 155 Å². The molecule has 0 bridgehead atoms. The normalized spacial score (nSPS) is 17.1. The number of carbonyl (C=O) groups excluding carboxylic acids is 1. The number of aliphatic carboxylic acids is 1. The molecule has 0 saturated carbocycles. The van der Waals surface area contributed by atoms with E-state index in [0.717, 1.165) is 10.8 Å². The fourth-order valence-corrected chi connectivity index (χ4v) is 3.34. The average molecular weight is 363 g/mol. The Morgan fingerprint density at radius 1 is 1.04 bits per heavy atom. The number of carbonyl (C=O) groups is 2. The SMILES string of the molecule is O=C(O)[C@@H]1CN(c2ncccn2)CCN1C(=O)c1cccc2cnccc12. The third-order valence-corrected chi connectivity index (χ3v) is 4.67. The number of piperazine rings is 1. The summed E-state index contributed by atoms with van der Waals surface area (Å²) in [7, 11) is 0. The van der Waals surface area contributed by atoms with E-state index in [4.69, 9.17) is 0 Å². The van der Waals surface area contributed by atoms with Crippen LogP contribution in [0.1, 0.15) is 10.4 Å². The lowest BCUT2D eigenvalue weighted by atomic mass is 10.0. The van der Waals surface area contributed by atoms with Crippen LogP contribution in [0.5, 0.6) is 0 Å². The van der Waals surface area contributed by atoms with Crippen molar-refractivity contribution in [3.8, 4) is 0 Å². The fourth-order valence-electron chi connectivity index (χ4n) is 3.34. The van der Waals surface area contributed by atoms with Gasteiger partial charge in [0.2, 0.25) is 5.95 Å². The highest BCUT2D eigenvalue weighted by molar-refractivity contribution is 6.07. The van der Waals surface area contributed by atoms with Gasteiger partial charge < -0.3 is 14.9 Å². The fraction of sp³-hybridized carbons (Fsp3) is 0.211. The molecule has 3 aromatic rings. The summed E-state index contributed by atoms with van der Waals surface area (Å²) in [6, 6.07) is 7.86. The second-order valence-electron chi connectivity index (χ2n) is 6.25. The summed E-state index contributed by atoms with van der Waals surface area (Å²) in [5.74, 6) is -0.884. The molecule has 1 aliphatic rings. The molecule has 1 fully saturated rings. The third-order valence-electron chi connectivity index (χ3n) is 4.67. The Hall–Kier alpha value is -3.55. The minimum absolute atomic E-state index is 0.136. The zero-order valence-corrected chi connectivity index (χ0v) is 14.4. The molecule has 2 aromatic heterocycles. The maximum absolute atomic E-state index is 13.2. The standard InChI is InChI=1S/C19H17N5O3/c25-17(15-4-1-3-13-11-20-8-5-14(13)15)24-10-9-23(12-16(24)18(26)27)19-21-6-2-7-22-19/h1-8,11,16H,9-10,12H2,(H,26,27)/t16-/m0/s1. The van der Waals surface area contributed by atoms with Gasteiger partial charge in [0.15, 0.2) is 0 Å². The molecule has 1 aliphatic heterocycles. The first-order valence-electron chi connectivity index (χ1n) is 8.53. The van der Waals surface area contributed by atoms with Crippen LogP contribution in [0.2, 0.25) is 0 Å². The molecule has 8 heteroatoms. The van der Waals surface area contributed by atoms with E-state index in [1.165, 1.54) is 4.90 Å². The van der Waals surface area contributed by atoms with Crippen molar-refractivity contribution in [1.82, 2.24) is 19.9 Å². The molecule has 1 atom stereocenters. The number of fused-ring (bicyclic) bond motifs is 1. The van der Waals surface area contributed by atoms with Gasteiger partial charge >= 0.3 is 5.97 Å². The van der Waals surface area contributed by atoms with Crippen LogP contribution in [0, 0.1) is 0 Å².